The summed E-state index contributed by atoms with van der Waals surface area (Å²) in [6.45, 7) is 1.51. The van der Waals surface area contributed by atoms with Crippen molar-refractivity contribution in [1.82, 2.24) is 10.3 Å². The van der Waals surface area contributed by atoms with E-state index >= 15 is 0 Å². The predicted molar refractivity (Wildman–Crippen MR) is 93.2 cm³/mol. The molecule has 0 fully saturated rings. The summed E-state index contributed by atoms with van der Waals surface area (Å²) in [5, 5.41) is 17.1. The van der Waals surface area contributed by atoms with Crippen LogP contribution in [0.15, 0.2) is 34.9 Å². The van der Waals surface area contributed by atoms with Crippen LogP contribution in [0.2, 0.25) is 0 Å². The van der Waals surface area contributed by atoms with Crippen LogP contribution in [0.25, 0.3) is 0 Å². The highest BCUT2D eigenvalue weighted by atomic mass is 79.9. The highest BCUT2D eigenvalue weighted by molar-refractivity contribution is 9.10. The van der Waals surface area contributed by atoms with Crippen molar-refractivity contribution in [2.45, 2.75) is 25.8 Å². The van der Waals surface area contributed by atoms with E-state index < -0.39 is 4.92 Å². The Morgan fingerprint density at radius 1 is 1.38 bits per heavy atom. The van der Waals surface area contributed by atoms with E-state index in [9.17, 15) is 14.9 Å². The molecule has 2 aromatic rings. The molecule has 1 aromatic carbocycles. The SMILES string of the molecule is CC(=O)N[C@H]1CCc2cc(Nc3nc(Br)ccc3[N+](=O)[O-])ccc21. The van der Waals surface area contributed by atoms with E-state index in [1.54, 1.807) is 0 Å². The van der Waals surface area contributed by atoms with Crippen LogP contribution < -0.4 is 10.6 Å². The Bertz CT molecular complexity index is 825. The molecule has 24 heavy (non-hydrogen) atoms. The minimum atomic E-state index is -0.470. The van der Waals surface area contributed by atoms with Crippen molar-refractivity contribution in [2.75, 3.05) is 5.32 Å². The van der Waals surface area contributed by atoms with Crippen LogP contribution in [0.3, 0.4) is 0 Å². The standard InChI is InChI=1S/C16H15BrN4O3/c1-9(22)18-13-5-2-10-8-11(3-4-12(10)13)19-16-14(21(23)24)6-7-15(17)20-16/h3-4,6-8,13H,2,5H2,1H3,(H,18,22)(H,19,20)/t13-/m0/s1. The van der Waals surface area contributed by atoms with E-state index in [1.165, 1.54) is 19.1 Å². The number of anilines is 2. The topological polar surface area (TPSA) is 97.2 Å². The number of aryl methyl sites for hydroxylation is 1. The van der Waals surface area contributed by atoms with Crippen LogP contribution in [0, 0.1) is 10.1 Å². The molecule has 124 valence electrons. The van der Waals surface area contributed by atoms with Gasteiger partial charge >= 0.3 is 5.69 Å². The summed E-state index contributed by atoms with van der Waals surface area (Å²) in [6.07, 6.45) is 1.71. The molecule has 3 rings (SSSR count). The van der Waals surface area contributed by atoms with E-state index in [0.29, 0.717) is 4.60 Å². The molecule has 0 radical (unpaired) electrons. The van der Waals surface area contributed by atoms with E-state index in [1.807, 2.05) is 18.2 Å². The summed E-state index contributed by atoms with van der Waals surface area (Å²) < 4.78 is 0.516. The quantitative estimate of drug-likeness (QED) is 0.471. The predicted octanol–water partition coefficient (Wildman–Crippen LogP) is 3.62. The number of benzene rings is 1. The number of hydrogen-bond acceptors (Lipinski definition) is 5. The molecule has 2 N–H and O–H groups in total. The van der Waals surface area contributed by atoms with Crippen LogP contribution in [0.4, 0.5) is 17.2 Å². The van der Waals surface area contributed by atoms with Gasteiger partial charge in [-0.2, -0.15) is 0 Å². The number of nitrogens with zero attached hydrogens (tertiary/aromatic N) is 2. The number of rotatable bonds is 4. The first-order valence-corrected chi connectivity index (χ1v) is 8.21. The van der Waals surface area contributed by atoms with Crippen molar-refractivity contribution >= 4 is 39.0 Å². The third-order valence-corrected chi connectivity index (χ3v) is 4.34. The molecule has 0 bridgehead atoms. The second-order valence-electron chi connectivity index (χ2n) is 5.59. The van der Waals surface area contributed by atoms with Gasteiger partial charge in [-0.3, -0.25) is 14.9 Å². The summed E-state index contributed by atoms with van der Waals surface area (Å²) in [4.78, 5) is 26.1. The number of pyridine rings is 1. The Labute approximate surface area is 146 Å². The number of nitrogens with one attached hydrogen (secondary N) is 2. The number of nitro groups is 1. The summed E-state index contributed by atoms with van der Waals surface area (Å²) in [7, 11) is 0. The summed E-state index contributed by atoms with van der Waals surface area (Å²) in [6, 6.07) is 8.69. The van der Waals surface area contributed by atoms with Crippen molar-refractivity contribution < 1.29 is 9.72 Å². The zero-order valence-electron chi connectivity index (χ0n) is 12.9. The maximum atomic E-state index is 11.3. The largest absolute Gasteiger partial charge is 0.350 e. The van der Waals surface area contributed by atoms with Crippen molar-refractivity contribution in [3.8, 4) is 0 Å². The Morgan fingerprint density at radius 2 is 2.17 bits per heavy atom. The number of carbonyl (C=O) groups is 1. The molecule has 1 aromatic heterocycles. The number of hydrogen-bond donors (Lipinski definition) is 2. The van der Waals surface area contributed by atoms with Crippen molar-refractivity contribution in [1.29, 1.82) is 0 Å². The van der Waals surface area contributed by atoms with E-state index in [4.69, 9.17) is 0 Å². The third kappa shape index (κ3) is 3.38. The van der Waals surface area contributed by atoms with E-state index in [0.717, 1.165) is 29.7 Å². The lowest BCUT2D eigenvalue weighted by molar-refractivity contribution is -0.384. The molecular weight excluding hydrogens is 376 g/mol. The molecule has 7 nitrogen and oxygen atoms in total. The Hall–Kier alpha value is -2.48. The number of carbonyl (C=O) groups excluding carboxylic acids is 1. The molecule has 0 saturated heterocycles. The van der Waals surface area contributed by atoms with Gasteiger partial charge in [0.05, 0.1) is 11.0 Å². The van der Waals surface area contributed by atoms with Gasteiger partial charge in [0.15, 0.2) is 0 Å². The minimum Gasteiger partial charge on any atom is -0.350 e. The average molecular weight is 391 g/mol. The van der Waals surface area contributed by atoms with Crippen LogP contribution in [-0.2, 0) is 11.2 Å². The average Bonchev–Trinajstić information content (AvgIpc) is 2.88. The highest BCUT2D eigenvalue weighted by Crippen LogP contribution is 2.34. The summed E-state index contributed by atoms with van der Waals surface area (Å²) >= 11 is 3.23. The molecule has 0 spiro atoms. The normalized spacial score (nSPS) is 15.7. The molecule has 1 aliphatic carbocycles. The fraction of sp³-hybridized carbons (Fsp3) is 0.250. The number of halogens is 1. The lowest BCUT2D eigenvalue weighted by Gasteiger charge is -2.13. The van der Waals surface area contributed by atoms with E-state index in [-0.39, 0.29) is 23.5 Å². The smallest absolute Gasteiger partial charge is 0.311 e. The molecule has 1 aliphatic rings. The molecular formula is C16H15BrN4O3. The van der Waals surface area contributed by atoms with Gasteiger partial charge in [0.2, 0.25) is 11.7 Å². The molecule has 1 atom stereocenters. The molecule has 0 aliphatic heterocycles. The molecule has 0 saturated carbocycles. The highest BCUT2D eigenvalue weighted by Gasteiger charge is 2.23. The van der Waals surface area contributed by atoms with Crippen LogP contribution in [-0.4, -0.2) is 15.8 Å². The lowest BCUT2D eigenvalue weighted by atomic mass is 10.1. The van der Waals surface area contributed by atoms with Crippen LogP contribution >= 0.6 is 15.9 Å². The second-order valence-corrected chi connectivity index (χ2v) is 6.40. The minimum absolute atomic E-state index is 0.0323. The maximum Gasteiger partial charge on any atom is 0.311 e. The van der Waals surface area contributed by atoms with Crippen molar-refractivity contribution in [2.24, 2.45) is 0 Å². The van der Waals surface area contributed by atoms with Gasteiger partial charge in [-0.25, -0.2) is 4.98 Å². The zero-order chi connectivity index (χ0) is 17.3. The summed E-state index contributed by atoms with van der Waals surface area (Å²) in [5.41, 5.74) is 2.85. The van der Waals surface area contributed by atoms with Gasteiger partial charge in [0, 0.05) is 18.7 Å². The second kappa shape index (κ2) is 6.56. The van der Waals surface area contributed by atoms with Gasteiger partial charge in [-0.05, 0) is 58.1 Å². The van der Waals surface area contributed by atoms with Gasteiger partial charge in [0.25, 0.3) is 0 Å². The first-order valence-electron chi connectivity index (χ1n) is 7.42. The number of fused-ring (bicyclic) bond motifs is 1. The van der Waals surface area contributed by atoms with Gasteiger partial charge < -0.3 is 10.6 Å². The fourth-order valence-corrected chi connectivity index (χ4v) is 3.20. The molecule has 0 unspecified atom stereocenters. The fourth-order valence-electron chi connectivity index (χ4n) is 2.89. The number of amides is 1. The Balaban J connectivity index is 1.87. The van der Waals surface area contributed by atoms with Crippen LogP contribution in [0.1, 0.15) is 30.5 Å². The maximum absolute atomic E-state index is 11.3. The number of aromatic nitrogens is 1. The van der Waals surface area contributed by atoms with E-state index in [2.05, 4.69) is 31.5 Å². The lowest BCUT2D eigenvalue weighted by Crippen LogP contribution is -2.24. The van der Waals surface area contributed by atoms with Gasteiger partial charge in [-0.15, -0.1) is 0 Å². The first-order chi connectivity index (χ1) is 11.4. The van der Waals surface area contributed by atoms with Crippen molar-refractivity contribution in [3.63, 3.8) is 0 Å². The molecule has 1 amide bonds. The monoisotopic (exact) mass is 390 g/mol. The molecule has 1 heterocycles. The third-order valence-electron chi connectivity index (χ3n) is 3.90. The first kappa shape index (κ1) is 16.4. The van der Waals surface area contributed by atoms with Crippen molar-refractivity contribution in [3.05, 3.63) is 56.2 Å². The van der Waals surface area contributed by atoms with Gasteiger partial charge in [0.1, 0.15) is 4.60 Å². The Morgan fingerprint density at radius 3 is 2.88 bits per heavy atom. The zero-order valence-corrected chi connectivity index (χ0v) is 14.5. The molecule has 8 heteroatoms. The van der Waals surface area contributed by atoms with Gasteiger partial charge in [-0.1, -0.05) is 6.07 Å². The summed E-state index contributed by atoms with van der Waals surface area (Å²) in [5.74, 6) is 0.134. The Kier molecular flexibility index (Phi) is 4.48. The van der Waals surface area contributed by atoms with Crippen LogP contribution in [0.5, 0.6) is 0 Å².